The van der Waals surface area contributed by atoms with Crippen molar-refractivity contribution >= 4 is 45.7 Å². The van der Waals surface area contributed by atoms with Crippen LogP contribution in [0.5, 0.6) is 0 Å². The Morgan fingerprint density at radius 2 is 2.10 bits per heavy atom. The molecule has 0 aliphatic heterocycles. The first-order chi connectivity index (χ1) is 9.58. The lowest BCUT2D eigenvalue weighted by Crippen LogP contribution is -2.24. The number of rotatable bonds is 5. The summed E-state index contributed by atoms with van der Waals surface area (Å²) in [4.78, 5) is 13.2. The first-order valence-electron chi connectivity index (χ1n) is 6.11. The third kappa shape index (κ3) is 4.19. The highest BCUT2D eigenvalue weighted by molar-refractivity contribution is 8.00. The second-order valence-corrected chi connectivity index (χ2v) is 6.98. The van der Waals surface area contributed by atoms with Crippen LogP contribution in [0.25, 0.3) is 0 Å². The van der Waals surface area contributed by atoms with E-state index in [4.69, 9.17) is 11.6 Å². The summed E-state index contributed by atoms with van der Waals surface area (Å²) in [5, 5.41) is 12.5. The van der Waals surface area contributed by atoms with E-state index in [2.05, 4.69) is 15.5 Å². The van der Waals surface area contributed by atoms with Crippen molar-refractivity contribution in [2.75, 3.05) is 5.32 Å². The first-order valence-corrected chi connectivity index (χ1v) is 8.19. The lowest BCUT2D eigenvalue weighted by atomic mass is 10.3. The van der Waals surface area contributed by atoms with Gasteiger partial charge in [0, 0.05) is 9.92 Å². The number of hydrogen-bond acceptors (Lipinski definition) is 5. The molecule has 0 fully saturated rings. The Kier molecular flexibility index (Phi) is 5.39. The average molecular weight is 328 g/mol. The molecule has 0 saturated carbocycles. The van der Waals surface area contributed by atoms with Crippen LogP contribution in [0.2, 0.25) is 5.02 Å². The molecule has 1 atom stereocenters. The fraction of sp³-hybridized carbons (Fsp3) is 0.308. The molecule has 0 unspecified atom stereocenters. The summed E-state index contributed by atoms with van der Waals surface area (Å²) < 4.78 is 0. The molecule has 0 bridgehead atoms. The Balaban J connectivity index is 2.00. The molecular formula is C13H14ClN3OS2. The highest BCUT2D eigenvalue weighted by Gasteiger charge is 2.19. The van der Waals surface area contributed by atoms with Crippen LogP contribution in [0.1, 0.15) is 18.4 Å². The number of carbonyl (C=O) groups excluding carboxylic acids is 1. The van der Waals surface area contributed by atoms with Crippen LogP contribution in [0.3, 0.4) is 0 Å². The third-order valence-electron chi connectivity index (χ3n) is 2.51. The molecule has 1 N–H and O–H groups in total. The second-order valence-electron chi connectivity index (χ2n) is 4.08. The van der Waals surface area contributed by atoms with E-state index in [1.807, 2.05) is 38.1 Å². The van der Waals surface area contributed by atoms with Gasteiger partial charge in [-0.2, -0.15) is 0 Å². The number of nitrogens with zero attached hydrogens (tertiary/aromatic N) is 2. The van der Waals surface area contributed by atoms with Gasteiger partial charge in [0.25, 0.3) is 0 Å². The van der Waals surface area contributed by atoms with Crippen LogP contribution in [-0.2, 0) is 4.79 Å². The van der Waals surface area contributed by atoms with Gasteiger partial charge in [0.05, 0.1) is 5.25 Å². The summed E-state index contributed by atoms with van der Waals surface area (Å²) in [6.45, 7) is 3.84. The molecule has 1 aromatic carbocycles. The van der Waals surface area contributed by atoms with Gasteiger partial charge in [-0.15, -0.1) is 22.0 Å². The number of hydrogen-bond donors (Lipinski definition) is 1. The van der Waals surface area contributed by atoms with E-state index < -0.39 is 0 Å². The van der Waals surface area contributed by atoms with Gasteiger partial charge in [-0.05, 0) is 37.6 Å². The molecule has 20 heavy (non-hydrogen) atoms. The molecule has 106 valence electrons. The zero-order chi connectivity index (χ0) is 14.5. The van der Waals surface area contributed by atoms with E-state index in [9.17, 15) is 4.79 Å². The van der Waals surface area contributed by atoms with Crippen molar-refractivity contribution in [2.24, 2.45) is 0 Å². The van der Waals surface area contributed by atoms with Gasteiger partial charge in [-0.3, -0.25) is 10.1 Å². The lowest BCUT2D eigenvalue weighted by molar-refractivity contribution is -0.115. The van der Waals surface area contributed by atoms with Crippen molar-refractivity contribution in [2.45, 2.75) is 30.4 Å². The zero-order valence-electron chi connectivity index (χ0n) is 11.1. The summed E-state index contributed by atoms with van der Waals surface area (Å²) in [5.41, 5.74) is 0. The molecule has 1 amide bonds. The van der Waals surface area contributed by atoms with Gasteiger partial charge in [0.15, 0.2) is 0 Å². The zero-order valence-corrected chi connectivity index (χ0v) is 13.5. The number of benzene rings is 1. The predicted octanol–water partition coefficient (Wildman–Crippen LogP) is 4.01. The molecular weight excluding hydrogens is 314 g/mol. The maximum absolute atomic E-state index is 12.2. The summed E-state index contributed by atoms with van der Waals surface area (Å²) in [5.74, 6) is -0.0522. The third-order valence-corrected chi connectivity index (χ3v) is 4.89. The van der Waals surface area contributed by atoms with Gasteiger partial charge in [0.2, 0.25) is 11.0 Å². The minimum Gasteiger partial charge on any atom is -0.300 e. The molecule has 0 spiro atoms. The van der Waals surface area contributed by atoms with Crippen molar-refractivity contribution in [1.29, 1.82) is 0 Å². The number of aromatic nitrogens is 2. The van der Waals surface area contributed by atoms with Gasteiger partial charge in [-0.1, -0.05) is 29.9 Å². The van der Waals surface area contributed by atoms with Crippen LogP contribution < -0.4 is 5.32 Å². The van der Waals surface area contributed by atoms with Gasteiger partial charge in [0.1, 0.15) is 5.01 Å². The van der Waals surface area contributed by atoms with Crippen molar-refractivity contribution in [1.82, 2.24) is 10.2 Å². The monoisotopic (exact) mass is 327 g/mol. The smallest absolute Gasteiger partial charge is 0.239 e. The van der Waals surface area contributed by atoms with Crippen LogP contribution in [0.15, 0.2) is 29.2 Å². The maximum Gasteiger partial charge on any atom is 0.239 e. The molecule has 4 nitrogen and oxygen atoms in total. The van der Waals surface area contributed by atoms with Crippen molar-refractivity contribution < 1.29 is 4.79 Å². The largest absolute Gasteiger partial charge is 0.300 e. The molecule has 2 rings (SSSR count). The second kappa shape index (κ2) is 7.06. The van der Waals surface area contributed by atoms with E-state index in [1.54, 1.807) is 0 Å². The molecule has 2 aromatic rings. The maximum atomic E-state index is 12.2. The summed E-state index contributed by atoms with van der Waals surface area (Å²) >= 11 is 8.74. The Labute approximate surface area is 130 Å². The van der Waals surface area contributed by atoms with E-state index in [-0.39, 0.29) is 11.2 Å². The predicted molar refractivity (Wildman–Crippen MR) is 84.7 cm³/mol. The average Bonchev–Trinajstić information content (AvgIpc) is 2.83. The summed E-state index contributed by atoms with van der Waals surface area (Å²) in [7, 11) is 0. The van der Waals surface area contributed by atoms with Crippen LogP contribution in [0.4, 0.5) is 5.13 Å². The molecule has 1 aromatic heterocycles. The molecule has 0 saturated heterocycles. The Bertz CT molecular complexity index is 586. The number of thioether (sulfide) groups is 1. The normalized spacial score (nSPS) is 12.2. The fourth-order valence-corrected chi connectivity index (χ4v) is 3.21. The van der Waals surface area contributed by atoms with Crippen LogP contribution >= 0.6 is 34.7 Å². The highest BCUT2D eigenvalue weighted by atomic mass is 35.5. The van der Waals surface area contributed by atoms with Gasteiger partial charge >= 0.3 is 0 Å². The topological polar surface area (TPSA) is 54.9 Å². The SMILES string of the molecule is CC[C@@H](Sc1ccc(Cl)cc1)C(=O)Nc1nnc(C)s1. The summed E-state index contributed by atoms with van der Waals surface area (Å²) in [6, 6.07) is 7.47. The van der Waals surface area contributed by atoms with E-state index >= 15 is 0 Å². The Morgan fingerprint density at radius 3 is 2.65 bits per heavy atom. The van der Waals surface area contributed by atoms with E-state index in [0.717, 1.165) is 16.3 Å². The standard InChI is InChI=1S/C13H14ClN3OS2/c1-3-11(20-10-6-4-9(14)5-7-10)12(18)15-13-17-16-8(2)19-13/h4-7,11H,3H2,1-2H3,(H,15,17,18)/t11-/m1/s1. The van der Waals surface area contributed by atoms with Crippen molar-refractivity contribution in [3.8, 4) is 0 Å². The molecule has 0 aliphatic rings. The lowest BCUT2D eigenvalue weighted by Gasteiger charge is -2.13. The molecule has 0 radical (unpaired) electrons. The van der Waals surface area contributed by atoms with Crippen LogP contribution in [0, 0.1) is 6.92 Å². The van der Waals surface area contributed by atoms with Crippen molar-refractivity contribution in [3.63, 3.8) is 0 Å². The summed E-state index contributed by atoms with van der Waals surface area (Å²) in [6.07, 6.45) is 0.733. The molecule has 1 heterocycles. The minimum atomic E-state index is -0.166. The molecule has 7 heteroatoms. The quantitative estimate of drug-likeness (QED) is 0.843. The number of aryl methyl sites for hydroxylation is 1. The number of nitrogens with one attached hydrogen (secondary N) is 1. The van der Waals surface area contributed by atoms with Gasteiger partial charge < -0.3 is 0 Å². The van der Waals surface area contributed by atoms with E-state index in [0.29, 0.717) is 10.2 Å². The Hall–Kier alpha value is -1.11. The first kappa shape index (κ1) is 15.3. The fourth-order valence-electron chi connectivity index (χ4n) is 1.53. The van der Waals surface area contributed by atoms with E-state index in [1.165, 1.54) is 23.1 Å². The minimum absolute atomic E-state index is 0.0522. The number of carbonyl (C=O) groups is 1. The number of anilines is 1. The number of amides is 1. The number of halogens is 1. The van der Waals surface area contributed by atoms with Crippen molar-refractivity contribution in [3.05, 3.63) is 34.3 Å². The molecule has 0 aliphatic carbocycles. The van der Waals surface area contributed by atoms with Crippen LogP contribution in [-0.4, -0.2) is 21.4 Å². The highest BCUT2D eigenvalue weighted by Crippen LogP contribution is 2.27. The van der Waals surface area contributed by atoms with Gasteiger partial charge in [-0.25, -0.2) is 0 Å². The Morgan fingerprint density at radius 1 is 1.40 bits per heavy atom.